The molecule has 98 valence electrons. The first-order chi connectivity index (χ1) is 8.56. The SMILES string of the molecule is CN1CCC(Nc2ccc(N)cc2C(=O)O)CC1. The molecule has 0 atom stereocenters. The number of carboxylic acids is 1. The summed E-state index contributed by atoms with van der Waals surface area (Å²) >= 11 is 0. The summed E-state index contributed by atoms with van der Waals surface area (Å²) in [6.45, 7) is 2.07. The number of benzene rings is 1. The van der Waals surface area contributed by atoms with Crippen LogP contribution in [0.5, 0.6) is 0 Å². The first kappa shape index (κ1) is 12.7. The maximum absolute atomic E-state index is 11.2. The van der Waals surface area contributed by atoms with Crippen molar-refractivity contribution in [3.8, 4) is 0 Å². The van der Waals surface area contributed by atoms with E-state index in [0.29, 0.717) is 17.4 Å². The third-order valence-corrected chi connectivity index (χ3v) is 3.35. The molecule has 18 heavy (non-hydrogen) atoms. The van der Waals surface area contributed by atoms with Crippen LogP contribution in [0, 0.1) is 0 Å². The Balaban J connectivity index is 2.11. The zero-order valence-electron chi connectivity index (χ0n) is 10.5. The van der Waals surface area contributed by atoms with Crippen LogP contribution in [0.1, 0.15) is 23.2 Å². The quantitative estimate of drug-likeness (QED) is 0.707. The van der Waals surface area contributed by atoms with Gasteiger partial charge < -0.3 is 21.1 Å². The molecule has 5 nitrogen and oxygen atoms in total. The Morgan fingerprint density at radius 1 is 1.44 bits per heavy atom. The normalized spacial score (nSPS) is 17.6. The molecule has 2 rings (SSSR count). The van der Waals surface area contributed by atoms with Gasteiger partial charge in [-0.15, -0.1) is 0 Å². The molecule has 1 aromatic rings. The van der Waals surface area contributed by atoms with Crippen LogP contribution in [0.3, 0.4) is 0 Å². The van der Waals surface area contributed by atoms with Crippen molar-refractivity contribution < 1.29 is 9.90 Å². The average Bonchev–Trinajstić information content (AvgIpc) is 2.34. The van der Waals surface area contributed by atoms with E-state index in [-0.39, 0.29) is 5.56 Å². The maximum Gasteiger partial charge on any atom is 0.337 e. The first-order valence-corrected chi connectivity index (χ1v) is 6.14. The number of nitrogens with one attached hydrogen (secondary N) is 1. The van der Waals surface area contributed by atoms with Crippen LogP contribution in [0.25, 0.3) is 0 Å². The largest absolute Gasteiger partial charge is 0.478 e. The Morgan fingerprint density at radius 3 is 2.72 bits per heavy atom. The molecule has 0 amide bonds. The van der Waals surface area contributed by atoms with Crippen LogP contribution in [-0.4, -0.2) is 42.2 Å². The number of nitrogen functional groups attached to an aromatic ring is 1. The first-order valence-electron chi connectivity index (χ1n) is 6.14. The van der Waals surface area contributed by atoms with E-state index in [9.17, 15) is 4.79 Å². The Bertz CT molecular complexity index is 440. The Kier molecular flexibility index (Phi) is 3.72. The molecule has 0 aliphatic carbocycles. The molecule has 0 bridgehead atoms. The van der Waals surface area contributed by atoms with E-state index in [0.717, 1.165) is 25.9 Å². The Morgan fingerprint density at radius 2 is 2.11 bits per heavy atom. The molecule has 1 saturated heterocycles. The van der Waals surface area contributed by atoms with E-state index in [1.807, 2.05) is 0 Å². The summed E-state index contributed by atoms with van der Waals surface area (Å²) in [7, 11) is 2.10. The number of nitrogens with zero attached hydrogens (tertiary/aromatic N) is 1. The molecular formula is C13H19N3O2. The minimum atomic E-state index is -0.947. The number of rotatable bonds is 3. The molecule has 1 aliphatic heterocycles. The zero-order valence-corrected chi connectivity index (χ0v) is 10.5. The second-order valence-electron chi connectivity index (χ2n) is 4.83. The van der Waals surface area contributed by atoms with Crippen LogP contribution in [0.4, 0.5) is 11.4 Å². The van der Waals surface area contributed by atoms with Crippen LogP contribution in [0.2, 0.25) is 0 Å². The number of hydrogen-bond acceptors (Lipinski definition) is 4. The fourth-order valence-corrected chi connectivity index (χ4v) is 2.24. The highest BCUT2D eigenvalue weighted by atomic mass is 16.4. The minimum absolute atomic E-state index is 0.244. The number of hydrogen-bond donors (Lipinski definition) is 3. The summed E-state index contributed by atoms with van der Waals surface area (Å²) in [6, 6.07) is 5.31. The number of carboxylic acid groups (broad SMARTS) is 1. The van der Waals surface area contributed by atoms with Gasteiger partial charge in [0.2, 0.25) is 0 Å². The van der Waals surface area contributed by atoms with Crippen molar-refractivity contribution in [3.63, 3.8) is 0 Å². The van der Waals surface area contributed by atoms with Gasteiger partial charge in [-0.3, -0.25) is 0 Å². The van der Waals surface area contributed by atoms with Crippen molar-refractivity contribution in [3.05, 3.63) is 23.8 Å². The second kappa shape index (κ2) is 5.27. The van der Waals surface area contributed by atoms with Gasteiger partial charge in [0.25, 0.3) is 0 Å². The van der Waals surface area contributed by atoms with E-state index in [2.05, 4.69) is 17.3 Å². The lowest BCUT2D eigenvalue weighted by Gasteiger charge is -2.30. The third-order valence-electron chi connectivity index (χ3n) is 3.35. The number of carbonyl (C=O) groups is 1. The highest BCUT2D eigenvalue weighted by molar-refractivity contribution is 5.95. The molecule has 0 saturated carbocycles. The van der Waals surface area contributed by atoms with Gasteiger partial charge >= 0.3 is 5.97 Å². The molecule has 1 aromatic carbocycles. The predicted molar refractivity (Wildman–Crippen MR) is 72.0 cm³/mol. The standard InChI is InChI=1S/C13H19N3O2/c1-16-6-4-10(5-7-16)15-12-3-2-9(14)8-11(12)13(17)18/h2-3,8,10,15H,4-7,14H2,1H3,(H,17,18). The lowest BCUT2D eigenvalue weighted by atomic mass is 10.0. The minimum Gasteiger partial charge on any atom is -0.478 e. The summed E-state index contributed by atoms with van der Waals surface area (Å²) in [5.41, 5.74) is 7.00. The molecule has 1 heterocycles. The number of likely N-dealkylation sites (tertiary alicyclic amines) is 1. The van der Waals surface area contributed by atoms with E-state index in [1.54, 1.807) is 12.1 Å². The Hall–Kier alpha value is -1.75. The van der Waals surface area contributed by atoms with Crippen LogP contribution >= 0.6 is 0 Å². The van der Waals surface area contributed by atoms with Crippen molar-refractivity contribution in [1.82, 2.24) is 4.90 Å². The average molecular weight is 249 g/mol. The monoisotopic (exact) mass is 249 g/mol. The fourth-order valence-electron chi connectivity index (χ4n) is 2.24. The van der Waals surface area contributed by atoms with Gasteiger partial charge in [-0.05, 0) is 51.2 Å². The van der Waals surface area contributed by atoms with Crippen molar-refractivity contribution in [1.29, 1.82) is 0 Å². The van der Waals surface area contributed by atoms with Gasteiger partial charge in [-0.1, -0.05) is 0 Å². The molecule has 1 fully saturated rings. The van der Waals surface area contributed by atoms with Crippen LogP contribution < -0.4 is 11.1 Å². The smallest absolute Gasteiger partial charge is 0.337 e. The fraction of sp³-hybridized carbons (Fsp3) is 0.462. The highest BCUT2D eigenvalue weighted by Crippen LogP contribution is 2.22. The Labute approximate surface area is 107 Å². The second-order valence-corrected chi connectivity index (χ2v) is 4.83. The van der Waals surface area contributed by atoms with Crippen molar-refractivity contribution in [2.24, 2.45) is 0 Å². The summed E-state index contributed by atoms with van der Waals surface area (Å²) < 4.78 is 0. The third kappa shape index (κ3) is 2.92. The lowest BCUT2D eigenvalue weighted by molar-refractivity contribution is 0.0698. The van der Waals surface area contributed by atoms with Gasteiger partial charge in [0, 0.05) is 17.4 Å². The molecule has 0 unspecified atom stereocenters. The highest BCUT2D eigenvalue weighted by Gasteiger charge is 2.18. The van der Waals surface area contributed by atoms with Crippen molar-refractivity contribution >= 4 is 17.3 Å². The molecule has 4 N–H and O–H groups in total. The van der Waals surface area contributed by atoms with E-state index >= 15 is 0 Å². The number of aromatic carboxylic acids is 1. The van der Waals surface area contributed by atoms with Crippen LogP contribution in [0.15, 0.2) is 18.2 Å². The molecule has 0 radical (unpaired) electrons. The van der Waals surface area contributed by atoms with E-state index < -0.39 is 5.97 Å². The zero-order chi connectivity index (χ0) is 13.1. The summed E-state index contributed by atoms with van der Waals surface area (Å²) in [4.78, 5) is 13.4. The summed E-state index contributed by atoms with van der Waals surface area (Å²) in [5, 5.41) is 12.5. The van der Waals surface area contributed by atoms with E-state index in [1.165, 1.54) is 6.07 Å². The van der Waals surface area contributed by atoms with Gasteiger partial charge in [0.05, 0.1) is 5.56 Å². The van der Waals surface area contributed by atoms with Gasteiger partial charge in [0.15, 0.2) is 0 Å². The number of piperidine rings is 1. The van der Waals surface area contributed by atoms with Crippen molar-refractivity contribution in [2.75, 3.05) is 31.2 Å². The van der Waals surface area contributed by atoms with Gasteiger partial charge in [0.1, 0.15) is 0 Å². The molecule has 1 aliphatic rings. The topological polar surface area (TPSA) is 78.6 Å². The van der Waals surface area contributed by atoms with E-state index in [4.69, 9.17) is 10.8 Å². The lowest BCUT2D eigenvalue weighted by Crippen LogP contribution is -2.37. The number of anilines is 2. The summed E-state index contributed by atoms with van der Waals surface area (Å²) in [5.74, 6) is -0.947. The van der Waals surface area contributed by atoms with Crippen LogP contribution in [-0.2, 0) is 0 Å². The molecular weight excluding hydrogens is 230 g/mol. The predicted octanol–water partition coefficient (Wildman–Crippen LogP) is 1.47. The maximum atomic E-state index is 11.2. The summed E-state index contributed by atoms with van der Waals surface area (Å²) in [6.07, 6.45) is 2.06. The van der Waals surface area contributed by atoms with Crippen molar-refractivity contribution in [2.45, 2.75) is 18.9 Å². The molecule has 5 heteroatoms. The molecule has 0 spiro atoms. The number of nitrogens with two attached hydrogens (primary N) is 1. The van der Waals surface area contributed by atoms with Gasteiger partial charge in [-0.25, -0.2) is 4.79 Å². The van der Waals surface area contributed by atoms with Gasteiger partial charge in [-0.2, -0.15) is 0 Å². The molecule has 0 aromatic heterocycles.